The number of hydrogen-bond donors (Lipinski definition) is 2. The highest BCUT2D eigenvalue weighted by Gasteiger charge is 2.29. The van der Waals surface area contributed by atoms with Gasteiger partial charge in [0.15, 0.2) is 0 Å². The Morgan fingerprint density at radius 1 is 1.43 bits per heavy atom. The molecular weight excluding hydrogens is 182 g/mol. The first-order valence-electron chi connectivity index (χ1n) is 5.15. The normalized spacial score (nSPS) is 26.1. The molecule has 0 aromatic rings. The van der Waals surface area contributed by atoms with Gasteiger partial charge in [-0.15, -0.1) is 0 Å². The van der Waals surface area contributed by atoms with Crippen molar-refractivity contribution in [2.24, 2.45) is 5.92 Å². The fourth-order valence-electron chi connectivity index (χ4n) is 2.03. The molecule has 2 atom stereocenters. The molecule has 1 aliphatic carbocycles. The Morgan fingerprint density at radius 3 is 2.71 bits per heavy atom. The Morgan fingerprint density at radius 2 is 2.14 bits per heavy atom. The lowest BCUT2D eigenvalue weighted by Crippen LogP contribution is -2.31. The van der Waals surface area contributed by atoms with Crippen molar-refractivity contribution in [2.45, 2.75) is 45.1 Å². The van der Waals surface area contributed by atoms with Crippen LogP contribution in [0.4, 0.5) is 4.79 Å². The van der Waals surface area contributed by atoms with E-state index in [0.717, 1.165) is 19.3 Å². The highest BCUT2D eigenvalue weighted by Crippen LogP contribution is 2.27. The third kappa shape index (κ3) is 3.01. The summed E-state index contributed by atoms with van der Waals surface area (Å²) in [6, 6.07) is -0.0155. The average Bonchev–Trinajstić information content (AvgIpc) is 2.52. The second kappa shape index (κ2) is 4.98. The summed E-state index contributed by atoms with van der Waals surface area (Å²) < 4.78 is 0. The minimum atomic E-state index is -0.987. The van der Waals surface area contributed by atoms with Gasteiger partial charge in [-0.3, -0.25) is 4.79 Å². The second-order valence-electron chi connectivity index (χ2n) is 3.87. The van der Waals surface area contributed by atoms with E-state index in [-0.39, 0.29) is 12.0 Å². The monoisotopic (exact) mass is 199 g/mol. The van der Waals surface area contributed by atoms with Crippen LogP contribution in [0.15, 0.2) is 0 Å². The van der Waals surface area contributed by atoms with Gasteiger partial charge in [-0.1, -0.05) is 6.92 Å². The van der Waals surface area contributed by atoms with E-state index in [0.29, 0.717) is 18.6 Å². The zero-order valence-electron chi connectivity index (χ0n) is 8.45. The van der Waals surface area contributed by atoms with E-state index in [2.05, 4.69) is 5.32 Å². The number of ketones is 1. The van der Waals surface area contributed by atoms with Crippen LogP contribution in [0.25, 0.3) is 0 Å². The molecule has 0 aromatic heterocycles. The molecule has 2 unspecified atom stereocenters. The molecule has 4 nitrogen and oxygen atoms in total. The Bertz CT molecular complexity index is 227. The van der Waals surface area contributed by atoms with E-state index in [9.17, 15) is 9.59 Å². The summed E-state index contributed by atoms with van der Waals surface area (Å²) in [6.07, 6.45) is 2.84. The first-order valence-corrected chi connectivity index (χ1v) is 5.15. The maximum Gasteiger partial charge on any atom is 0.404 e. The van der Waals surface area contributed by atoms with Crippen molar-refractivity contribution >= 4 is 11.9 Å². The molecule has 1 rings (SSSR count). The zero-order valence-corrected chi connectivity index (χ0v) is 8.45. The van der Waals surface area contributed by atoms with Gasteiger partial charge in [-0.25, -0.2) is 4.79 Å². The van der Waals surface area contributed by atoms with Crippen LogP contribution in [-0.2, 0) is 4.79 Å². The Balaban J connectivity index is 2.33. The molecule has 0 aliphatic heterocycles. The number of rotatable bonds is 4. The van der Waals surface area contributed by atoms with Gasteiger partial charge in [-0.2, -0.15) is 0 Å². The molecule has 0 bridgehead atoms. The topological polar surface area (TPSA) is 66.4 Å². The number of carboxylic acid groups (broad SMARTS) is 1. The van der Waals surface area contributed by atoms with Crippen LogP contribution < -0.4 is 5.32 Å². The molecule has 0 aromatic carbocycles. The van der Waals surface area contributed by atoms with Crippen molar-refractivity contribution in [1.82, 2.24) is 5.32 Å². The van der Waals surface area contributed by atoms with Crippen LogP contribution in [0, 0.1) is 5.92 Å². The molecule has 1 saturated carbocycles. The number of carbonyl (C=O) groups is 2. The molecule has 0 saturated heterocycles. The number of carbonyl (C=O) groups excluding carboxylic acids is 1. The molecule has 4 heteroatoms. The van der Waals surface area contributed by atoms with Crippen LogP contribution in [0.2, 0.25) is 0 Å². The molecule has 1 amide bonds. The van der Waals surface area contributed by atoms with Crippen molar-refractivity contribution in [3.8, 4) is 0 Å². The van der Waals surface area contributed by atoms with Gasteiger partial charge in [0.1, 0.15) is 5.78 Å². The van der Waals surface area contributed by atoms with Crippen LogP contribution in [0.3, 0.4) is 0 Å². The summed E-state index contributed by atoms with van der Waals surface area (Å²) in [5.74, 6) is 0.383. The largest absolute Gasteiger partial charge is 0.465 e. The maximum absolute atomic E-state index is 11.5. The molecule has 80 valence electrons. The maximum atomic E-state index is 11.5. The van der Waals surface area contributed by atoms with Crippen LogP contribution in [-0.4, -0.2) is 23.0 Å². The number of amides is 1. The highest BCUT2D eigenvalue weighted by molar-refractivity contribution is 5.81. The van der Waals surface area contributed by atoms with Gasteiger partial charge in [-0.05, 0) is 25.7 Å². The van der Waals surface area contributed by atoms with Gasteiger partial charge < -0.3 is 10.4 Å². The Kier molecular flexibility index (Phi) is 3.92. The minimum Gasteiger partial charge on any atom is -0.465 e. The predicted molar refractivity (Wildman–Crippen MR) is 52.2 cm³/mol. The van der Waals surface area contributed by atoms with Gasteiger partial charge >= 0.3 is 6.09 Å². The fraction of sp³-hybridized carbons (Fsp3) is 0.800. The summed E-state index contributed by atoms with van der Waals surface area (Å²) in [5.41, 5.74) is 0. The van der Waals surface area contributed by atoms with Gasteiger partial charge in [0.05, 0.1) is 0 Å². The number of nitrogens with one attached hydrogen (secondary N) is 1. The summed E-state index contributed by atoms with van der Waals surface area (Å²) in [6.45, 7) is 1.99. The first kappa shape index (κ1) is 11.0. The van der Waals surface area contributed by atoms with Crippen LogP contribution in [0.5, 0.6) is 0 Å². The summed E-state index contributed by atoms with van der Waals surface area (Å²) in [7, 11) is 0. The average molecular weight is 199 g/mol. The van der Waals surface area contributed by atoms with Crippen molar-refractivity contribution in [3.63, 3.8) is 0 Å². The molecule has 1 fully saturated rings. The van der Waals surface area contributed by atoms with E-state index in [1.165, 1.54) is 0 Å². The SMILES string of the molecule is CCCC(=O)C1CCC(NC(=O)O)C1. The third-order valence-electron chi connectivity index (χ3n) is 2.71. The fourth-order valence-corrected chi connectivity index (χ4v) is 2.03. The van der Waals surface area contributed by atoms with Gasteiger partial charge in [0.25, 0.3) is 0 Å². The zero-order chi connectivity index (χ0) is 10.6. The van der Waals surface area contributed by atoms with Crippen molar-refractivity contribution in [2.75, 3.05) is 0 Å². The predicted octanol–water partition coefficient (Wildman–Crippen LogP) is 1.79. The molecular formula is C10H17NO3. The van der Waals surface area contributed by atoms with Crippen molar-refractivity contribution < 1.29 is 14.7 Å². The Labute approximate surface area is 83.7 Å². The standard InChI is InChI=1S/C10H17NO3/c1-2-3-9(12)7-4-5-8(6-7)11-10(13)14/h7-8,11H,2-6H2,1H3,(H,13,14). The lowest BCUT2D eigenvalue weighted by molar-refractivity contribution is -0.122. The highest BCUT2D eigenvalue weighted by atomic mass is 16.4. The van der Waals surface area contributed by atoms with E-state index < -0.39 is 6.09 Å². The van der Waals surface area contributed by atoms with E-state index >= 15 is 0 Å². The van der Waals surface area contributed by atoms with E-state index in [4.69, 9.17) is 5.11 Å². The Hall–Kier alpha value is -1.06. The summed E-state index contributed by atoms with van der Waals surface area (Å²) in [4.78, 5) is 21.9. The summed E-state index contributed by atoms with van der Waals surface area (Å²) >= 11 is 0. The lowest BCUT2D eigenvalue weighted by Gasteiger charge is -2.09. The molecule has 0 heterocycles. The van der Waals surface area contributed by atoms with Crippen molar-refractivity contribution in [3.05, 3.63) is 0 Å². The van der Waals surface area contributed by atoms with Gasteiger partial charge in [0.2, 0.25) is 0 Å². The molecule has 0 spiro atoms. The van der Waals surface area contributed by atoms with E-state index in [1.54, 1.807) is 0 Å². The van der Waals surface area contributed by atoms with E-state index in [1.807, 2.05) is 6.92 Å². The molecule has 14 heavy (non-hydrogen) atoms. The molecule has 0 radical (unpaired) electrons. The molecule has 1 aliphatic rings. The smallest absolute Gasteiger partial charge is 0.404 e. The first-order chi connectivity index (χ1) is 6.63. The van der Waals surface area contributed by atoms with Crippen LogP contribution in [0.1, 0.15) is 39.0 Å². The number of Topliss-reactive ketones (excluding diaryl/α,β-unsaturated/α-hetero) is 1. The summed E-state index contributed by atoms with van der Waals surface area (Å²) in [5, 5.41) is 10.9. The molecule has 2 N–H and O–H groups in total. The third-order valence-corrected chi connectivity index (χ3v) is 2.71. The minimum absolute atomic E-state index is 0.0155. The lowest BCUT2D eigenvalue weighted by atomic mass is 9.99. The quantitative estimate of drug-likeness (QED) is 0.725. The van der Waals surface area contributed by atoms with Crippen LogP contribution >= 0.6 is 0 Å². The van der Waals surface area contributed by atoms with Gasteiger partial charge in [0, 0.05) is 18.4 Å². The van der Waals surface area contributed by atoms with Crippen molar-refractivity contribution in [1.29, 1.82) is 0 Å². The second-order valence-corrected chi connectivity index (χ2v) is 3.87. The number of hydrogen-bond acceptors (Lipinski definition) is 2.